The maximum Gasteiger partial charge on any atom is 0.0636 e. The Kier molecular flexibility index (Phi) is 4.51. The molecule has 1 atom stereocenters. The summed E-state index contributed by atoms with van der Waals surface area (Å²) < 4.78 is 0. The minimum absolute atomic E-state index is 0.214. The Balaban J connectivity index is 2.52. The zero-order valence-corrected chi connectivity index (χ0v) is 10.7. The molecule has 0 saturated carbocycles. The van der Waals surface area contributed by atoms with Gasteiger partial charge in [0.2, 0.25) is 0 Å². The number of hydrogen-bond donors (Lipinski definition) is 2. The van der Waals surface area contributed by atoms with Crippen LogP contribution >= 0.6 is 0 Å². The number of benzene rings is 1. The topological polar surface area (TPSA) is 32.3 Å². The maximum absolute atomic E-state index is 9.12. The Morgan fingerprint density at radius 3 is 2.19 bits per heavy atom. The Morgan fingerprint density at radius 2 is 1.75 bits per heavy atom. The molecule has 0 radical (unpaired) electrons. The van der Waals surface area contributed by atoms with Crippen molar-refractivity contribution >= 4 is 0 Å². The molecule has 1 aromatic rings. The van der Waals surface area contributed by atoms with Gasteiger partial charge in [0.05, 0.1) is 6.10 Å². The number of hydrogen-bond acceptors (Lipinski definition) is 2. The Morgan fingerprint density at radius 1 is 1.19 bits per heavy atom. The molecule has 0 heterocycles. The number of nitrogens with one attached hydrogen (secondary N) is 1. The molecule has 0 unspecified atom stereocenters. The second-order valence-electron chi connectivity index (χ2n) is 5.43. The molecular weight excluding hydrogens is 198 g/mol. The summed E-state index contributed by atoms with van der Waals surface area (Å²) in [6.45, 7) is 9.89. The molecule has 0 bridgehead atoms. The molecule has 2 N–H and O–H groups in total. The predicted molar refractivity (Wildman–Crippen MR) is 68.5 cm³/mol. The highest BCUT2D eigenvalue weighted by Crippen LogP contribution is 2.21. The second kappa shape index (κ2) is 5.46. The van der Waals surface area contributed by atoms with Crippen molar-refractivity contribution in [3.05, 3.63) is 35.4 Å². The molecule has 0 fully saturated rings. The summed E-state index contributed by atoms with van der Waals surface area (Å²) in [6.07, 6.45) is -0.283. The van der Waals surface area contributed by atoms with Crippen LogP contribution in [0.1, 0.15) is 38.8 Å². The molecule has 2 heteroatoms. The van der Waals surface area contributed by atoms with E-state index in [0.717, 1.165) is 6.54 Å². The molecule has 0 spiro atoms. The summed E-state index contributed by atoms with van der Waals surface area (Å²) >= 11 is 0. The van der Waals surface area contributed by atoms with Crippen molar-refractivity contribution in [3.8, 4) is 0 Å². The van der Waals surface area contributed by atoms with Gasteiger partial charge in [-0.15, -0.1) is 0 Å². The van der Waals surface area contributed by atoms with Crippen LogP contribution in [-0.4, -0.2) is 17.8 Å². The first-order valence-corrected chi connectivity index (χ1v) is 5.88. The monoisotopic (exact) mass is 221 g/mol. The van der Waals surface area contributed by atoms with Crippen LogP contribution in [0.4, 0.5) is 0 Å². The lowest BCUT2D eigenvalue weighted by molar-refractivity contribution is 0.191. The summed E-state index contributed by atoms with van der Waals surface area (Å²) in [6, 6.07) is 8.66. The number of aliphatic hydroxyl groups excluding tert-OH is 1. The fourth-order valence-electron chi connectivity index (χ4n) is 1.55. The lowest BCUT2D eigenvalue weighted by Crippen LogP contribution is -2.23. The zero-order valence-electron chi connectivity index (χ0n) is 10.7. The maximum atomic E-state index is 9.12. The Labute approximate surface area is 98.7 Å². The highest BCUT2D eigenvalue weighted by atomic mass is 16.3. The SMILES string of the molecule is C[C@@H](O)CNCc1ccc(C(C)(C)C)cc1. The lowest BCUT2D eigenvalue weighted by Gasteiger charge is -2.19. The van der Waals surface area contributed by atoms with Gasteiger partial charge in [0.1, 0.15) is 0 Å². The number of aliphatic hydroxyl groups is 1. The van der Waals surface area contributed by atoms with Crippen LogP contribution in [0.5, 0.6) is 0 Å². The third-order valence-corrected chi connectivity index (χ3v) is 2.59. The molecule has 2 nitrogen and oxygen atoms in total. The third-order valence-electron chi connectivity index (χ3n) is 2.59. The van der Waals surface area contributed by atoms with Crippen molar-refractivity contribution in [3.63, 3.8) is 0 Å². The van der Waals surface area contributed by atoms with E-state index in [1.54, 1.807) is 6.92 Å². The van der Waals surface area contributed by atoms with Gasteiger partial charge < -0.3 is 10.4 Å². The summed E-state index contributed by atoms with van der Waals surface area (Å²) in [5.41, 5.74) is 2.83. The molecule has 0 amide bonds. The van der Waals surface area contributed by atoms with Crippen molar-refractivity contribution in [1.82, 2.24) is 5.32 Å². The van der Waals surface area contributed by atoms with E-state index in [9.17, 15) is 0 Å². The van der Waals surface area contributed by atoms with Crippen molar-refractivity contribution in [2.75, 3.05) is 6.54 Å². The molecule has 90 valence electrons. The molecule has 16 heavy (non-hydrogen) atoms. The van der Waals surface area contributed by atoms with Crippen LogP contribution < -0.4 is 5.32 Å². The smallest absolute Gasteiger partial charge is 0.0636 e. The molecule has 0 aliphatic rings. The quantitative estimate of drug-likeness (QED) is 0.818. The Bertz CT molecular complexity index is 309. The molecule has 0 aliphatic carbocycles. The van der Waals surface area contributed by atoms with Crippen LogP contribution in [0.3, 0.4) is 0 Å². The van der Waals surface area contributed by atoms with Gasteiger partial charge in [-0.3, -0.25) is 0 Å². The van der Waals surface area contributed by atoms with Gasteiger partial charge in [-0.2, -0.15) is 0 Å². The minimum Gasteiger partial charge on any atom is -0.392 e. The van der Waals surface area contributed by atoms with E-state index in [-0.39, 0.29) is 11.5 Å². The molecule has 1 rings (SSSR count). The van der Waals surface area contributed by atoms with E-state index in [4.69, 9.17) is 5.11 Å². The van der Waals surface area contributed by atoms with Crippen LogP contribution in [0.15, 0.2) is 24.3 Å². The van der Waals surface area contributed by atoms with Crippen LogP contribution in [0.25, 0.3) is 0 Å². The average molecular weight is 221 g/mol. The average Bonchev–Trinajstić information content (AvgIpc) is 2.16. The van der Waals surface area contributed by atoms with Gasteiger partial charge in [-0.05, 0) is 23.5 Å². The first-order chi connectivity index (χ1) is 7.39. The van der Waals surface area contributed by atoms with Crippen molar-refractivity contribution in [1.29, 1.82) is 0 Å². The summed E-state index contributed by atoms with van der Waals surface area (Å²) in [5, 5.41) is 12.3. The van der Waals surface area contributed by atoms with Gasteiger partial charge in [0.25, 0.3) is 0 Å². The first-order valence-electron chi connectivity index (χ1n) is 5.88. The van der Waals surface area contributed by atoms with E-state index >= 15 is 0 Å². The van der Waals surface area contributed by atoms with Crippen molar-refractivity contribution in [2.45, 2.75) is 45.8 Å². The molecule has 1 aromatic carbocycles. The predicted octanol–water partition coefficient (Wildman–Crippen LogP) is 2.45. The number of rotatable bonds is 4. The van der Waals surface area contributed by atoms with Crippen molar-refractivity contribution in [2.24, 2.45) is 0 Å². The summed E-state index contributed by atoms with van der Waals surface area (Å²) in [4.78, 5) is 0. The fourth-order valence-corrected chi connectivity index (χ4v) is 1.55. The van der Waals surface area contributed by atoms with E-state index < -0.39 is 0 Å². The van der Waals surface area contributed by atoms with Gasteiger partial charge in [-0.1, -0.05) is 45.0 Å². The highest BCUT2D eigenvalue weighted by Gasteiger charge is 2.12. The minimum atomic E-state index is -0.283. The molecule has 0 saturated heterocycles. The normalized spacial score (nSPS) is 13.8. The summed E-state index contributed by atoms with van der Waals surface area (Å²) in [7, 11) is 0. The molecule has 0 aliphatic heterocycles. The first kappa shape index (κ1) is 13.2. The highest BCUT2D eigenvalue weighted by molar-refractivity contribution is 5.27. The van der Waals surface area contributed by atoms with Crippen molar-refractivity contribution < 1.29 is 5.11 Å². The van der Waals surface area contributed by atoms with Gasteiger partial charge in [-0.25, -0.2) is 0 Å². The van der Waals surface area contributed by atoms with Crippen LogP contribution in [-0.2, 0) is 12.0 Å². The largest absolute Gasteiger partial charge is 0.392 e. The van der Waals surface area contributed by atoms with Crippen LogP contribution in [0, 0.1) is 0 Å². The van der Waals surface area contributed by atoms with Gasteiger partial charge >= 0.3 is 0 Å². The zero-order chi connectivity index (χ0) is 12.2. The molecular formula is C14H23NO. The summed E-state index contributed by atoms with van der Waals surface area (Å²) in [5.74, 6) is 0. The van der Waals surface area contributed by atoms with Gasteiger partial charge in [0, 0.05) is 13.1 Å². The van der Waals surface area contributed by atoms with Gasteiger partial charge in [0.15, 0.2) is 0 Å². The Hall–Kier alpha value is -0.860. The lowest BCUT2D eigenvalue weighted by atomic mass is 9.87. The fraction of sp³-hybridized carbons (Fsp3) is 0.571. The third kappa shape index (κ3) is 4.33. The van der Waals surface area contributed by atoms with E-state index in [1.165, 1.54) is 11.1 Å². The second-order valence-corrected chi connectivity index (χ2v) is 5.43. The standard InChI is InChI=1S/C14H23NO/c1-11(16)9-15-10-12-5-7-13(8-6-12)14(2,3)4/h5-8,11,15-16H,9-10H2,1-4H3/t11-/m1/s1. The van der Waals surface area contributed by atoms with E-state index in [2.05, 4.69) is 50.4 Å². The molecule has 0 aromatic heterocycles. The van der Waals surface area contributed by atoms with Crippen LogP contribution in [0.2, 0.25) is 0 Å². The van der Waals surface area contributed by atoms with E-state index in [0.29, 0.717) is 6.54 Å². The van der Waals surface area contributed by atoms with E-state index in [1.807, 2.05) is 0 Å².